The molecule has 0 atom stereocenters. The van der Waals surface area contributed by atoms with Gasteiger partial charge in [0.15, 0.2) is 0 Å². The molecule has 0 aromatic carbocycles. The van der Waals surface area contributed by atoms with Gasteiger partial charge in [-0.1, -0.05) is 26.7 Å². The van der Waals surface area contributed by atoms with Crippen LogP contribution in [-0.2, 0) is 6.54 Å². The van der Waals surface area contributed by atoms with Gasteiger partial charge in [-0.25, -0.2) is 4.98 Å². The minimum absolute atomic E-state index is 0.596. The minimum atomic E-state index is 0.596. The summed E-state index contributed by atoms with van der Waals surface area (Å²) in [5.41, 5.74) is 8.09. The lowest BCUT2D eigenvalue weighted by Crippen LogP contribution is -2.35. The molecule has 0 aliphatic heterocycles. The first-order chi connectivity index (χ1) is 9.60. The molecule has 20 heavy (non-hydrogen) atoms. The fraction of sp³-hybridized carbons (Fsp3) is 0.706. The summed E-state index contributed by atoms with van der Waals surface area (Å²) in [6.07, 6.45) is 6.57. The Labute approximate surface area is 123 Å². The number of nitrogens with zero attached hydrogens (tertiary/aromatic N) is 2. The van der Waals surface area contributed by atoms with Gasteiger partial charge < -0.3 is 10.6 Å². The Hall–Kier alpha value is -1.09. The van der Waals surface area contributed by atoms with Gasteiger partial charge in [0.25, 0.3) is 0 Å². The molecule has 0 saturated heterocycles. The van der Waals surface area contributed by atoms with E-state index in [0.717, 1.165) is 24.0 Å². The SMILES string of the molecule is Cc1cc(CN)cc(N(CCC(C)C)C2CCCC2)n1. The molecule has 0 spiro atoms. The fourth-order valence-electron chi connectivity index (χ4n) is 3.08. The van der Waals surface area contributed by atoms with Crippen LogP contribution in [0.25, 0.3) is 0 Å². The van der Waals surface area contributed by atoms with E-state index in [1.165, 1.54) is 37.7 Å². The van der Waals surface area contributed by atoms with Crippen LogP contribution >= 0.6 is 0 Å². The fourth-order valence-corrected chi connectivity index (χ4v) is 3.08. The number of hydrogen-bond acceptors (Lipinski definition) is 3. The van der Waals surface area contributed by atoms with Crippen LogP contribution in [0.3, 0.4) is 0 Å². The second-order valence-corrected chi connectivity index (χ2v) is 6.49. The van der Waals surface area contributed by atoms with Gasteiger partial charge in [-0.15, -0.1) is 0 Å². The van der Waals surface area contributed by atoms with Crippen molar-refractivity contribution in [2.45, 2.75) is 65.5 Å². The average Bonchev–Trinajstić information content (AvgIpc) is 2.92. The summed E-state index contributed by atoms with van der Waals surface area (Å²) in [5, 5.41) is 0. The Balaban J connectivity index is 2.22. The van der Waals surface area contributed by atoms with Crippen LogP contribution < -0.4 is 10.6 Å². The first kappa shape index (κ1) is 15.3. The van der Waals surface area contributed by atoms with Crippen molar-refractivity contribution in [1.82, 2.24) is 4.98 Å². The van der Waals surface area contributed by atoms with Crippen LogP contribution in [-0.4, -0.2) is 17.6 Å². The van der Waals surface area contributed by atoms with Crippen molar-refractivity contribution >= 4 is 5.82 Å². The molecule has 3 nitrogen and oxygen atoms in total. The zero-order valence-electron chi connectivity index (χ0n) is 13.2. The van der Waals surface area contributed by atoms with E-state index in [1.807, 2.05) is 0 Å². The third-order valence-electron chi connectivity index (χ3n) is 4.24. The van der Waals surface area contributed by atoms with Gasteiger partial charge >= 0.3 is 0 Å². The highest BCUT2D eigenvalue weighted by atomic mass is 15.2. The monoisotopic (exact) mass is 275 g/mol. The first-order valence-corrected chi connectivity index (χ1v) is 8.04. The molecule has 0 bridgehead atoms. The largest absolute Gasteiger partial charge is 0.354 e. The smallest absolute Gasteiger partial charge is 0.129 e. The summed E-state index contributed by atoms with van der Waals surface area (Å²) >= 11 is 0. The van der Waals surface area contributed by atoms with Crippen LogP contribution in [0, 0.1) is 12.8 Å². The molecule has 1 fully saturated rings. The highest BCUT2D eigenvalue weighted by Gasteiger charge is 2.24. The Morgan fingerprint density at radius 3 is 2.60 bits per heavy atom. The highest BCUT2D eigenvalue weighted by Crippen LogP contribution is 2.28. The van der Waals surface area contributed by atoms with Crippen molar-refractivity contribution in [3.63, 3.8) is 0 Å². The van der Waals surface area contributed by atoms with E-state index < -0.39 is 0 Å². The molecule has 112 valence electrons. The number of aryl methyl sites for hydroxylation is 1. The lowest BCUT2D eigenvalue weighted by atomic mass is 10.1. The zero-order chi connectivity index (χ0) is 14.5. The number of nitrogens with two attached hydrogens (primary N) is 1. The van der Waals surface area contributed by atoms with E-state index >= 15 is 0 Å². The Kier molecular flexibility index (Phi) is 5.41. The van der Waals surface area contributed by atoms with E-state index in [9.17, 15) is 0 Å². The highest BCUT2D eigenvalue weighted by molar-refractivity contribution is 5.44. The molecular weight excluding hydrogens is 246 g/mol. The lowest BCUT2D eigenvalue weighted by molar-refractivity contribution is 0.524. The predicted octanol–water partition coefficient (Wildman–Crippen LogP) is 3.64. The molecular formula is C17H29N3. The maximum Gasteiger partial charge on any atom is 0.129 e. The Bertz CT molecular complexity index is 422. The van der Waals surface area contributed by atoms with Crippen molar-refractivity contribution in [2.24, 2.45) is 11.7 Å². The van der Waals surface area contributed by atoms with E-state index in [0.29, 0.717) is 12.6 Å². The molecule has 3 heteroatoms. The molecule has 1 saturated carbocycles. The number of pyridine rings is 1. The summed E-state index contributed by atoms with van der Waals surface area (Å²) in [6, 6.07) is 4.96. The summed E-state index contributed by atoms with van der Waals surface area (Å²) in [6.45, 7) is 8.36. The van der Waals surface area contributed by atoms with E-state index in [-0.39, 0.29) is 0 Å². The molecule has 1 aromatic heterocycles. The zero-order valence-corrected chi connectivity index (χ0v) is 13.2. The summed E-state index contributed by atoms with van der Waals surface area (Å²) in [4.78, 5) is 7.32. The topological polar surface area (TPSA) is 42.1 Å². The van der Waals surface area contributed by atoms with Gasteiger partial charge in [0.05, 0.1) is 0 Å². The van der Waals surface area contributed by atoms with Gasteiger partial charge in [-0.3, -0.25) is 0 Å². The number of hydrogen-bond donors (Lipinski definition) is 1. The quantitative estimate of drug-likeness (QED) is 0.861. The van der Waals surface area contributed by atoms with Crippen LogP contribution in [0.2, 0.25) is 0 Å². The summed E-state index contributed by atoms with van der Waals surface area (Å²) < 4.78 is 0. The van der Waals surface area contributed by atoms with Crippen LogP contribution in [0.15, 0.2) is 12.1 Å². The number of anilines is 1. The Morgan fingerprint density at radius 2 is 2.00 bits per heavy atom. The van der Waals surface area contributed by atoms with Crippen LogP contribution in [0.1, 0.15) is 57.2 Å². The maximum atomic E-state index is 5.82. The van der Waals surface area contributed by atoms with Gasteiger partial charge in [0, 0.05) is 24.8 Å². The predicted molar refractivity (Wildman–Crippen MR) is 85.9 cm³/mol. The van der Waals surface area contributed by atoms with Gasteiger partial charge in [-0.2, -0.15) is 0 Å². The molecule has 1 aromatic rings. The van der Waals surface area contributed by atoms with E-state index in [2.05, 4.69) is 37.8 Å². The van der Waals surface area contributed by atoms with Crippen LogP contribution in [0.5, 0.6) is 0 Å². The van der Waals surface area contributed by atoms with E-state index in [4.69, 9.17) is 10.7 Å². The first-order valence-electron chi connectivity index (χ1n) is 8.04. The number of rotatable bonds is 6. The van der Waals surface area contributed by atoms with Crippen molar-refractivity contribution in [1.29, 1.82) is 0 Å². The molecule has 0 unspecified atom stereocenters. The van der Waals surface area contributed by atoms with Crippen LogP contribution in [0.4, 0.5) is 5.82 Å². The normalized spacial score (nSPS) is 16.1. The van der Waals surface area contributed by atoms with Crippen molar-refractivity contribution in [2.75, 3.05) is 11.4 Å². The lowest BCUT2D eigenvalue weighted by Gasteiger charge is -2.31. The van der Waals surface area contributed by atoms with Gasteiger partial charge in [0.2, 0.25) is 0 Å². The molecule has 1 aliphatic carbocycles. The second-order valence-electron chi connectivity index (χ2n) is 6.49. The maximum absolute atomic E-state index is 5.82. The molecule has 0 radical (unpaired) electrons. The van der Waals surface area contributed by atoms with Gasteiger partial charge in [0.1, 0.15) is 5.82 Å². The standard InChI is InChI=1S/C17H29N3/c1-13(2)8-9-20(16-6-4-5-7-16)17-11-15(12-18)10-14(3)19-17/h10-11,13,16H,4-9,12,18H2,1-3H3. The Morgan fingerprint density at radius 1 is 1.30 bits per heavy atom. The molecule has 0 amide bonds. The molecule has 1 aliphatic rings. The average molecular weight is 275 g/mol. The molecule has 2 rings (SSSR count). The van der Waals surface area contributed by atoms with Crippen molar-refractivity contribution < 1.29 is 0 Å². The van der Waals surface area contributed by atoms with E-state index in [1.54, 1.807) is 0 Å². The third-order valence-corrected chi connectivity index (χ3v) is 4.24. The minimum Gasteiger partial charge on any atom is -0.354 e. The molecule has 1 heterocycles. The summed E-state index contributed by atoms with van der Waals surface area (Å²) in [5.74, 6) is 1.87. The number of aromatic nitrogens is 1. The second kappa shape index (κ2) is 7.07. The van der Waals surface area contributed by atoms with Gasteiger partial charge in [-0.05, 0) is 49.8 Å². The summed E-state index contributed by atoms with van der Waals surface area (Å²) in [7, 11) is 0. The van der Waals surface area contributed by atoms with Crippen molar-refractivity contribution in [3.05, 3.63) is 23.4 Å². The van der Waals surface area contributed by atoms with Crippen molar-refractivity contribution in [3.8, 4) is 0 Å². The molecule has 2 N–H and O–H groups in total. The third kappa shape index (κ3) is 3.95.